The van der Waals surface area contributed by atoms with Gasteiger partial charge in [-0.25, -0.2) is 0 Å². The predicted molar refractivity (Wildman–Crippen MR) is 131 cm³/mol. The number of benzene rings is 3. The first-order chi connectivity index (χ1) is 15.7. The predicted octanol–water partition coefficient (Wildman–Crippen LogP) is 5.51. The minimum Gasteiger partial charge on any atom is -0.390 e. The van der Waals surface area contributed by atoms with E-state index in [-0.39, 0.29) is 12.7 Å². The Hall–Kier alpha value is -2.71. The molecule has 162 valence electrons. The molecule has 0 saturated carbocycles. The molecule has 0 fully saturated rings. The highest BCUT2D eigenvalue weighted by atomic mass is 32.2. The van der Waals surface area contributed by atoms with Gasteiger partial charge >= 0.3 is 0 Å². The molecular formula is C25H23N3O2S2. The van der Waals surface area contributed by atoms with Crippen molar-refractivity contribution in [1.82, 2.24) is 14.6 Å². The van der Waals surface area contributed by atoms with Crippen LogP contribution in [0.4, 0.5) is 0 Å². The van der Waals surface area contributed by atoms with Crippen LogP contribution in [0, 0.1) is 6.92 Å². The summed E-state index contributed by atoms with van der Waals surface area (Å²) in [6, 6.07) is 26.6. The van der Waals surface area contributed by atoms with Gasteiger partial charge < -0.3 is 9.84 Å². The molecule has 2 unspecified atom stereocenters. The second-order valence-electron chi connectivity index (χ2n) is 7.62. The number of hydrogen-bond donors (Lipinski definition) is 1. The van der Waals surface area contributed by atoms with Gasteiger partial charge in [-0.1, -0.05) is 89.8 Å². The van der Waals surface area contributed by atoms with E-state index in [0.29, 0.717) is 5.75 Å². The number of ether oxygens (including phenoxy) is 1. The van der Waals surface area contributed by atoms with Crippen LogP contribution in [-0.4, -0.2) is 38.2 Å². The van der Waals surface area contributed by atoms with Gasteiger partial charge in [0.1, 0.15) is 6.10 Å². The van der Waals surface area contributed by atoms with Crippen molar-refractivity contribution in [3.8, 4) is 0 Å². The third kappa shape index (κ3) is 4.29. The highest BCUT2D eigenvalue weighted by Gasteiger charge is 2.19. The summed E-state index contributed by atoms with van der Waals surface area (Å²) in [4.78, 5) is 0.864. The molecule has 5 aromatic rings. The SMILES string of the molecule is Cc1ccccc1C(OCC(O)CSc1nnc2sc3ccccc3n12)c1ccccc1. The number of thiazole rings is 1. The summed E-state index contributed by atoms with van der Waals surface area (Å²) in [6.07, 6.45) is -0.856. The van der Waals surface area contributed by atoms with E-state index < -0.39 is 6.10 Å². The number of nitrogens with zero attached hydrogens (tertiary/aromatic N) is 3. The third-order valence-corrected chi connectivity index (χ3v) is 7.43. The molecule has 5 nitrogen and oxygen atoms in total. The molecule has 3 aromatic carbocycles. The van der Waals surface area contributed by atoms with E-state index in [1.165, 1.54) is 22.0 Å². The zero-order chi connectivity index (χ0) is 21.9. The molecule has 0 radical (unpaired) electrons. The molecule has 0 saturated heterocycles. The van der Waals surface area contributed by atoms with Gasteiger partial charge in [0.15, 0.2) is 5.16 Å². The Morgan fingerprint density at radius 3 is 2.56 bits per heavy atom. The molecule has 2 heterocycles. The smallest absolute Gasteiger partial charge is 0.217 e. The summed E-state index contributed by atoms with van der Waals surface area (Å²) in [5, 5.41) is 20.1. The van der Waals surface area contributed by atoms with E-state index in [4.69, 9.17) is 4.74 Å². The van der Waals surface area contributed by atoms with Crippen LogP contribution in [0.25, 0.3) is 15.2 Å². The fourth-order valence-electron chi connectivity index (χ4n) is 3.75. The number of aliphatic hydroxyl groups is 1. The zero-order valence-electron chi connectivity index (χ0n) is 17.6. The second kappa shape index (κ2) is 9.42. The number of aromatic nitrogens is 3. The van der Waals surface area contributed by atoms with Crippen molar-refractivity contribution in [1.29, 1.82) is 0 Å². The van der Waals surface area contributed by atoms with Crippen LogP contribution in [0.1, 0.15) is 22.8 Å². The van der Waals surface area contributed by atoms with Crippen molar-refractivity contribution in [3.63, 3.8) is 0 Å². The molecule has 5 rings (SSSR count). The highest BCUT2D eigenvalue weighted by molar-refractivity contribution is 7.99. The average Bonchev–Trinajstić information content (AvgIpc) is 3.39. The average molecular weight is 462 g/mol. The quantitative estimate of drug-likeness (QED) is 0.309. The lowest BCUT2D eigenvalue weighted by Crippen LogP contribution is -2.21. The summed E-state index contributed by atoms with van der Waals surface area (Å²) in [5.74, 6) is 0.472. The van der Waals surface area contributed by atoms with Gasteiger partial charge in [0.05, 0.1) is 22.9 Å². The molecule has 32 heavy (non-hydrogen) atoms. The third-order valence-electron chi connectivity index (χ3n) is 5.34. The Labute approximate surface area is 194 Å². The Morgan fingerprint density at radius 2 is 1.72 bits per heavy atom. The fraction of sp³-hybridized carbons (Fsp3) is 0.200. The Balaban J connectivity index is 1.29. The lowest BCUT2D eigenvalue weighted by molar-refractivity contribution is 0.0153. The first-order valence-electron chi connectivity index (χ1n) is 10.5. The van der Waals surface area contributed by atoms with E-state index >= 15 is 0 Å². The number of aryl methyl sites for hydroxylation is 1. The Morgan fingerprint density at radius 1 is 0.969 bits per heavy atom. The lowest BCUT2D eigenvalue weighted by Gasteiger charge is -2.22. The molecule has 0 aliphatic rings. The fourth-order valence-corrected chi connectivity index (χ4v) is 5.62. The maximum Gasteiger partial charge on any atom is 0.217 e. The second-order valence-corrected chi connectivity index (χ2v) is 9.61. The topological polar surface area (TPSA) is 59.7 Å². The number of aliphatic hydroxyl groups excluding tert-OH is 1. The maximum atomic E-state index is 10.7. The number of para-hydroxylation sites is 1. The number of thioether (sulfide) groups is 1. The zero-order valence-corrected chi connectivity index (χ0v) is 19.2. The molecule has 2 atom stereocenters. The van der Waals surface area contributed by atoms with Gasteiger partial charge in [-0.3, -0.25) is 4.40 Å². The van der Waals surface area contributed by atoms with Crippen molar-refractivity contribution in [2.75, 3.05) is 12.4 Å². The van der Waals surface area contributed by atoms with E-state index in [2.05, 4.69) is 57.9 Å². The van der Waals surface area contributed by atoms with Crippen molar-refractivity contribution in [2.24, 2.45) is 0 Å². The number of rotatable bonds is 8. The van der Waals surface area contributed by atoms with Gasteiger partial charge in [-0.2, -0.15) is 0 Å². The first kappa shape index (κ1) is 21.2. The molecule has 0 aliphatic heterocycles. The van der Waals surface area contributed by atoms with Crippen LogP contribution in [0.3, 0.4) is 0 Å². The monoisotopic (exact) mass is 461 g/mol. The molecule has 0 amide bonds. The van der Waals surface area contributed by atoms with E-state index in [0.717, 1.165) is 26.8 Å². The summed E-state index contributed by atoms with van der Waals surface area (Å²) in [6.45, 7) is 2.32. The van der Waals surface area contributed by atoms with Gasteiger partial charge in [0, 0.05) is 5.75 Å². The van der Waals surface area contributed by atoms with Crippen LogP contribution in [0.2, 0.25) is 0 Å². The minimum absolute atomic E-state index is 0.224. The summed E-state index contributed by atoms with van der Waals surface area (Å²) < 4.78 is 9.49. The van der Waals surface area contributed by atoms with Crippen molar-refractivity contribution in [2.45, 2.75) is 24.3 Å². The molecule has 0 aliphatic carbocycles. The molecule has 7 heteroatoms. The van der Waals surface area contributed by atoms with E-state index in [1.807, 2.05) is 42.5 Å². The van der Waals surface area contributed by atoms with Crippen LogP contribution in [0.5, 0.6) is 0 Å². The van der Waals surface area contributed by atoms with Gasteiger partial charge in [0.2, 0.25) is 4.96 Å². The standard InChI is InChI=1S/C25H23N3O2S2/c1-17-9-5-6-12-20(17)23(18-10-3-2-4-11-18)30-15-19(29)16-31-24-26-27-25-28(24)21-13-7-8-14-22(21)32-25/h2-14,19,23,29H,15-16H2,1H3. The molecule has 1 N–H and O–H groups in total. The Kier molecular flexibility index (Phi) is 6.23. The van der Waals surface area contributed by atoms with Crippen molar-refractivity contribution < 1.29 is 9.84 Å². The van der Waals surface area contributed by atoms with E-state index in [1.54, 1.807) is 11.3 Å². The van der Waals surface area contributed by atoms with Gasteiger partial charge in [-0.05, 0) is 35.7 Å². The largest absolute Gasteiger partial charge is 0.390 e. The van der Waals surface area contributed by atoms with Crippen LogP contribution in [-0.2, 0) is 4.74 Å². The van der Waals surface area contributed by atoms with Crippen LogP contribution in [0.15, 0.2) is 84.0 Å². The summed E-state index contributed by atoms with van der Waals surface area (Å²) in [5.41, 5.74) is 4.45. The van der Waals surface area contributed by atoms with Crippen molar-refractivity contribution >= 4 is 38.3 Å². The lowest BCUT2D eigenvalue weighted by atomic mass is 9.97. The number of hydrogen-bond acceptors (Lipinski definition) is 6. The van der Waals surface area contributed by atoms with Crippen LogP contribution < -0.4 is 0 Å². The maximum absolute atomic E-state index is 10.7. The first-order valence-corrected chi connectivity index (χ1v) is 12.3. The van der Waals surface area contributed by atoms with E-state index in [9.17, 15) is 5.11 Å². The minimum atomic E-state index is -0.632. The Bertz CT molecular complexity index is 1330. The summed E-state index contributed by atoms with van der Waals surface area (Å²) in [7, 11) is 0. The van der Waals surface area contributed by atoms with Crippen molar-refractivity contribution in [3.05, 3.63) is 95.6 Å². The number of fused-ring (bicyclic) bond motifs is 3. The molecule has 0 spiro atoms. The molecular weight excluding hydrogens is 438 g/mol. The highest BCUT2D eigenvalue weighted by Crippen LogP contribution is 2.31. The van der Waals surface area contributed by atoms with Gasteiger partial charge in [0.25, 0.3) is 0 Å². The summed E-state index contributed by atoms with van der Waals surface area (Å²) >= 11 is 3.11. The molecule has 2 aromatic heterocycles. The normalized spacial score (nSPS) is 13.6. The van der Waals surface area contributed by atoms with Gasteiger partial charge in [-0.15, -0.1) is 10.2 Å². The van der Waals surface area contributed by atoms with Crippen LogP contribution >= 0.6 is 23.1 Å². The molecule has 0 bridgehead atoms.